The maximum atomic E-state index is 12.4. The quantitative estimate of drug-likeness (QED) is 0.629. The van der Waals surface area contributed by atoms with E-state index < -0.39 is 4.92 Å². The zero-order chi connectivity index (χ0) is 18.5. The number of aryl methyl sites for hydroxylation is 1. The number of carbonyl (C=O) groups is 1. The largest absolute Gasteiger partial charge is 0.385 e. The number of fused-ring (bicyclic) bond motifs is 1. The van der Waals surface area contributed by atoms with Crippen LogP contribution in [0, 0.1) is 21.4 Å². The summed E-state index contributed by atoms with van der Waals surface area (Å²) in [6.45, 7) is 0.762. The molecule has 0 saturated carbocycles. The Morgan fingerprint density at radius 1 is 1.27 bits per heavy atom. The van der Waals surface area contributed by atoms with E-state index in [0.717, 1.165) is 29.8 Å². The zero-order valence-electron chi connectivity index (χ0n) is 14.3. The Kier molecular flexibility index (Phi) is 5.28. The molecule has 1 heterocycles. The molecule has 26 heavy (non-hydrogen) atoms. The van der Waals surface area contributed by atoms with Crippen molar-refractivity contribution in [1.29, 1.82) is 5.26 Å². The van der Waals surface area contributed by atoms with Gasteiger partial charge in [0.25, 0.3) is 5.69 Å². The normalized spacial score (nSPS) is 15.4. The maximum absolute atomic E-state index is 12.4. The molecule has 0 aromatic heterocycles. The van der Waals surface area contributed by atoms with Gasteiger partial charge in [-0.3, -0.25) is 14.9 Å². The molecule has 132 valence electrons. The third kappa shape index (κ3) is 4.06. The lowest BCUT2D eigenvalue weighted by atomic mass is 9.86. The fourth-order valence-corrected chi connectivity index (χ4v) is 3.32. The average molecular weight is 349 g/mol. The van der Waals surface area contributed by atoms with E-state index in [1.54, 1.807) is 24.3 Å². The number of hydrogen-bond acceptors (Lipinski definition) is 5. The monoisotopic (exact) mass is 349 g/mol. The van der Waals surface area contributed by atoms with Crippen molar-refractivity contribution < 1.29 is 9.72 Å². The first-order chi connectivity index (χ1) is 12.6. The second-order valence-electron chi connectivity index (χ2n) is 6.49. The molecule has 2 aromatic rings. The van der Waals surface area contributed by atoms with Crippen molar-refractivity contribution in [2.75, 3.05) is 11.9 Å². The van der Waals surface area contributed by atoms with E-state index in [4.69, 9.17) is 5.26 Å². The van der Waals surface area contributed by atoms with Crippen molar-refractivity contribution in [2.45, 2.75) is 31.6 Å². The first-order valence-corrected chi connectivity index (χ1v) is 8.60. The molecular weight excluding hydrogens is 330 g/mol. The van der Waals surface area contributed by atoms with E-state index in [2.05, 4.69) is 11.4 Å². The predicted octanol–water partition coefficient (Wildman–Crippen LogP) is 3.96. The van der Waals surface area contributed by atoms with Gasteiger partial charge in [-0.15, -0.1) is 0 Å². The van der Waals surface area contributed by atoms with Crippen molar-refractivity contribution in [2.24, 2.45) is 0 Å². The summed E-state index contributed by atoms with van der Waals surface area (Å²) >= 11 is 0. The Bertz CT molecular complexity index is 869. The fourth-order valence-electron chi connectivity index (χ4n) is 3.32. The minimum atomic E-state index is -0.404. The van der Waals surface area contributed by atoms with Gasteiger partial charge in [-0.25, -0.2) is 0 Å². The second-order valence-corrected chi connectivity index (χ2v) is 6.49. The number of ketones is 1. The standard InChI is InChI=1S/C20H19N3O3/c21-13-15-3-1-14(2-4-15)5-7-18(24)11-16-9-10-22-20-8-6-17(23(25)26)12-19(16)20/h1-4,6,8,12,16,22H,5,7,9-11H2. The van der Waals surface area contributed by atoms with Crippen LogP contribution in [0.15, 0.2) is 42.5 Å². The van der Waals surface area contributed by atoms with Gasteiger partial charge in [-0.05, 0) is 48.1 Å². The molecule has 1 unspecified atom stereocenters. The summed E-state index contributed by atoms with van der Waals surface area (Å²) in [5, 5.41) is 23.1. The lowest BCUT2D eigenvalue weighted by Gasteiger charge is -2.26. The van der Waals surface area contributed by atoms with Crippen LogP contribution in [0.3, 0.4) is 0 Å². The maximum Gasteiger partial charge on any atom is 0.269 e. The SMILES string of the molecule is N#Cc1ccc(CCC(=O)CC2CCNc3ccc([N+](=O)[O-])cc32)cc1. The summed E-state index contributed by atoms with van der Waals surface area (Å²) in [4.78, 5) is 23.0. The van der Waals surface area contributed by atoms with Crippen LogP contribution in [-0.2, 0) is 11.2 Å². The number of nitro benzene ring substituents is 1. The molecule has 2 aromatic carbocycles. The number of carbonyl (C=O) groups excluding carboxylic acids is 1. The number of nitrogens with one attached hydrogen (secondary N) is 1. The minimum absolute atomic E-state index is 0.0135. The van der Waals surface area contributed by atoms with Crippen LogP contribution in [0.4, 0.5) is 11.4 Å². The predicted molar refractivity (Wildman–Crippen MR) is 98.0 cm³/mol. The van der Waals surface area contributed by atoms with Crippen LogP contribution in [0.2, 0.25) is 0 Å². The summed E-state index contributed by atoms with van der Waals surface area (Å²) in [5.41, 5.74) is 3.43. The number of Topliss-reactive ketones (excluding diaryl/α,β-unsaturated/α-hetero) is 1. The Balaban J connectivity index is 1.64. The van der Waals surface area contributed by atoms with Gasteiger partial charge in [0.1, 0.15) is 5.78 Å². The molecular formula is C20H19N3O3. The molecule has 1 atom stereocenters. The molecule has 0 radical (unpaired) electrons. The molecule has 0 aliphatic carbocycles. The van der Waals surface area contributed by atoms with E-state index in [9.17, 15) is 14.9 Å². The number of rotatable bonds is 6. The van der Waals surface area contributed by atoms with E-state index in [1.165, 1.54) is 6.07 Å². The summed E-state index contributed by atoms with van der Waals surface area (Å²) in [7, 11) is 0. The molecule has 6 heteroatoms. The lowest BCUT2D eigenvalue weighted by molar-refractivity contribution is -0.384. The topological polar surface area (TPSA) is 96.0 Å². The molecule has 1 aliphatic rings. The van der Waals surface area contributed by atoms with Gasteiger partial charge in [0.2, 0.25) is 0 Å². The van der Waals surface area contributed by atoms with Crippen molar-refractivity contribution in [1.82, 2.24) is 0 Å². The van der Waals surface area contributed by atoms with Gasteiger partial charge < -0.3 is 5.32 Å². The highest BCUT2D eigenvalue weighted by Gasteiger charge is 2.24. The van der Waals surface area contributed by atoms with Crippen LogP contribution in [0.1, 0.15) is 41.9 Å². The van der Waals surface area contributed by atoms with E-state index in [-0.39, 0.29) is 17.4 Å². The molecule has 0 bridgehead atoms. The Morgan fingerprint density at radius 2 is 2.04 bits per heavy atom. The highest BCUT2D eigenvalue weighted by molar-refractivity contribution is 5.80. The summed E-state index contributed by atoms with van der Waals surface area (Å²) in [5.74, 6) is 0.165. The molecule has 0 saturated heterocycles. The highest BCUT2D eigenvalue weighted by Crippen LogP contribution is 2.36. The number of hydrogen-bond donors (Lipinski definition) is 1. The Hall–Kier alpha value is -3.20. The van der Waals surface area contributed by atoms with Crippen molar-refractivity contribution in [3.8, 4) is 6.07 Å². The zero-order valence-corrected chi connectivity index (χ0v) is 14.3. The Morgan fingerprint density at radius 3 is 2.73 bits per heavy atom. The number of nitriles is 1. The molecule has 1 aliphatic heterocycles. The fraction of sp³-hybridized carbons (Fsp3) is 0.300. The molecule has 6 nitrogen and oxygen atoms in total. The highest BCUT2D eigenvalue weighted by atomic mass is 16.6. The summed E-state index contributed by atoms with van der Waals surface area (Å²) in [6, 6.07) is 14.1. The Labute approximate surface area is 151 Å². The number of nitro groups is 1. The van der Waals surface area contributed by atoms with Crippen LogP contribution >= 0.6 is 0 Å². The first-order valence-electron chi connectivity index (χ1n) is 8.60. The molecule has 0 fully saturated rings. The van der Waals surface area contributed by atoms with Crippen molar-refractivity contribution >= 4 is 17.2 Å². The van der Waals surface area contributed by atoms with E-state index in [0.29, 0.717) is 24.8 Å². The van der Waals surface area contributed by atoms with Gasteiger partial charge in [0.05, 0.1) is 16.6 Å². The van der Waals surface area contributed by atoms with Crippen LogP contribution in [0.25, 0.3) is 0 Å². The van der Waals surface area contributed by atoms with Crippen molar-refractivity contribution in [3.05, 3.63) is 69.3 Å². The third-order valence-electron chi connectivity index (χ3n) is 4.74. The van der Waals surface area contributed by atoms with Crippen LogP contribution in [0.5, 0.6) is 0 Å². The second kappa shape index (κ2) is 7.79. The summed E-state index contributed by atoms with van der Waals surface area (Å²) in [6.07, 6.45) is 2.25. The number of anilines is 1. The third-order valence-corrected chi connectivity index (χ3v) is 4.74. The lowest BCUT2D eigenvalue weighted by Crippen LogP contribution is -2.19. The van der Waals surface area contributed by atoms with E-state index >= 15 is 0 Å². The molecule has 0 amide bonds. The van der Waals surface area contributed by atoms with E-state index in [1.807, 2.05) is 12.1 Å². The number of nitrogens with zero attached hydrogens (tertiary/aromatic N) is 2. The molecule has 0 spiro atoms. The first kappa shape index (κ1) is 17.6. The number of benzene rings is 2. The van der Waals surface area contributed by atoms with Gasteiger partial charge >= 0.3 is 0 Å². The molecule has 1 N–H and O–H groups in total. The van der Waals surface area contributed by atoms with Crippen LogP contribution < -0.4 is 5.32 Å². The number of non-ortho nitro benzene ring substituents is 1. The van der Waals surface area contributed by atoms with Crippen LogP contribution in [-0.4, -0.2) is 17.3 Å². The van der Waals surface area contributed by atoms with Gasteiger partial charge in [-0.1, -0.05) is 12.1 Å². The average Bonchev–Trinajstić information content (AvgIpc) is 2.66. The smallest absolute Gasteiger partial charge is 0.269 e. The summed E-state index contributed by atoms with van der Waals surface area (Å²) < 4.78 is 0. The molecule has 3 rings (SSSR count). The van der Waals surface area contributed by atoms with Gasteiger partial charge in [0, 0.05) is 37.2 Å². The minimum Gasteiger partial charge on any atom is -0.385 e. The van der Waals surface area contributed by atoms with Crippen molar-refractivity contribution in [3.63, 3.8) is 0 Å². The van der Waals surface area contributed by atoms with Gasteiger partial charge in [-0.2, -0.15) is 5.26 Å². The van der Waals surface area contributed by atoms with Gasteiger partial charge in [0.15, 0.2) is 0 Å².